The number of aliphatic hydroxyl groups excluding tert-OH is 1. The molecule has 0 amide bonds. The number of fused-ring (bicyclic) bond motifs is 1. The Balaban J connectivity index is 1.63. The molecule has 1 aliphatic carbocycles. The Hall–Kier alpha value is -1.03. The molecular weight excluding hydrogens is 248 g/mol. The zero-order valence-corrected chi connectivity index (χ0v) is 10.9. The molecule has 1 heterocycles. The zero-order chi connectivity index (χ0) is 12.5. The number of aliphatic hydroxyl groups is 1. The maximum absolute atomic E-state index is 9.78. The smallest absolute Gasteiger partial charge is 0.0692 e. The van der Waals surface area contributed by atoms with Crippen molar-refractivity contribution in [3.63, 3.8) is 0 Å². The fourth-order valence-corrected chi connectivity index (χ4v) is 2.48. The molecule has 1 aromatic heterocycles. The van der Waals surface area contributed by atoms with Crippen LogP contribution in [-0.2, 0) is 6.54 Å². The summed E-state index contributed by atoms with van der Waals surface area (Å²) in [6.45, 7) is 1.44. The van der Waals surface area contributed by atoms with Crippen LogP contribution in [0.1, 0.15) is 18.4 Å². The molecule has 1 unspecified atom stereocenters. The molecule has 1 aromatic carbocycles. The first kappa shape index (κ1) is 12.0. The van der Waals surface area contributed by atoms with E-state index in [9.17, 15) is 5.11 Å². The first-order valence-electron chi connectivity index (χ1n) is 6.38. The van der Waals surface area contributed by atoms with Crippen LogP contribution >= 0.6 is 11.6 Å². The van der Waals surface area contributed by atoms with Crippen molar-refractivity contribution in [1.29, 1.82) is 0 Å². The van der Waals surface area contributed by atoms with E-state index in [1.54, 1.807) is 0 Å². The second-order valence-electron chi connectivity index (χ2n) is 5.04. The first-order chi connectivity index (χ1) is 8.74. The van der Waals surface area contributed by atoms with Gasteiger partial charge in [0.1, 0.15) is 0 Å². The van der Waals surface area contributed by atoms with E-state index in [1.807, 2.05) is 24.4 Å². The van der Waals surface area contributed by atoms with Gasteiger partial charge in [0, 0.05) is 35.2 Å². The maximum Gasteiger partial charge on any atom is 0.0692 e. The number of H-pyrrole nitrogens is 1. The van der Waals surface area contributed by atoms with E-state index in [0.29, 0.717) is 12.5 Å². The average molecular weight is 265 g/mol. The maximum atomic E-state index is 9.78. The quantitative estimate of drug-likeness (QED) is 0.778. The fourth-order valence-electron chi connectivity index (χ4n) is 2.31. The second kappa shape index (κ2) is 4.92. The van der Waals surface area contributed by atoms with E-state index in [1.165, 1.54) is 23.8 Å². The summed E-state index contributed by atoms with van der Waals surface area (Å²) in [7, 11) is 0. The number of aromatic nitrogens is 1. The van der Waals surface area contributed by atoms with Crippen LogP contribution in [-0.4, -0.2) is 22.7 Å². The van der Waals surface area contributed by atoms with Gasteiger partial charge >= 0.3 is 0 Å². The molecule has 0 bridgehead atoms. The summed E-state index contributed by atoms with van der Waals surface area (Å²) in [6.07, 6.45) is 4.16. The Morgan fingerprint density at radius 2 is 2.28 bits per heavy atom. The highest BCUT2D eigenvalue weighted by atomic mass is 35.5. The van der Waals surface area contributed by atoms with Crippen LogP contribution in [0.3, 0.4) is 0 Å². The molecule has 3 nitrogen and oxygen atoms in total. The van der Waals surface area contributed by atoms with Crippen LogP contribution in [0.15, 0.2) is 24.4 Å². The predicted molar refractivity (Wildman–Crippen MR) is 73.7 cm³/mol. The molecule has 3 N–H and O–H groups in total. The van der Waals surface area contributed by atoms with Gasteiger partial charge in [0.15, 0.2) is 0 Å². The number of aromatic amines is 1. The molecule has 1 atom stereocenters. The molecular formula is C14H17ClN2O. The fraction of sp³-hybridized carbons (Fsp3) is 0.429. The third kappa shape index (κ3) is 2.53. The van der Waals surface area contributed by atoms with Crippen LogP contribution in [0.2, 0.25) is 5.02 Å². The number of halogens is 1. The van der Waals surface area contributed by atoms with Gasteiger partial charge in [0.25, 0.3) is 0 Å². The summed E-state index contributed by atoms with van der Waals surface area (Å²) in [6, 6.07) is 5.86. The van der Waals surface area contributed by atoms with Gasteiger partial charge in [-0.15, -0.1) is 0 Å². The van der Waals surface area contributed by atoms with Gasteiger partial charge in [-0.1, -0.05) is 17.7 Å². The number of hydrogen-bond donors (Lipinski definition) is 3. The zero-order valence-electron chi connectivity index (χ0n) is 10.1. The van der Waals surface area contributed by atoms with Crippen molar-refractivity contribution in [1.82, 2.24) is 10.3 Å². The molecule has 18 heavy (non-hydrogen) atoms. The Morgan fingerprint density at radius 3 is 3.06 bits per heavy atom. The van der Waals surface area contributed by atoms with Crippen molar-refractivity contribution >= 4 is 22.5 Å². The normalized spacial score (nSPS) is 17.2. The summed E-state index contributed by atoms with van der Waals surface area (Å²) in [5.41, 5.74) is 2.27. The average Bonchev–Trinajstić information content (AvgIpc) is 3.13. The van der Waals surface area contributed by atoms with E-state index in [4.69, 9.17) is 11.6 Å². The standard InChI is InChI=1S/C14H17ClN2O/c15-11-3-4-12-10(7-17-13(12)5-11)6-16-8-14(18)9-1-2-9/h3-5,7,9,14,16-18H,1-2,6,8H2. The largest absolute Gasteiger partial charge is 0.392 e. The molecule has 1 aliphatic rings. The van der Waals surface area contributed by atoms with Crippen LogP contribution in [0.25, 0.3) is 10.9 Å². The second-order valence-corrected chi connectivity index (χ2v) is 5.48. The van der Waals surface area contributed by atoms with E-state index in [0.717, 1.165) is 17.1 Å². The van der Waals surface area contributed by atoms with Gasteiger partial charge in [0.05, 0.1) is 6.10 Å². The lowest BCUT2D eigenvalue weighted by Gasteiger charge is -2.10. The third-order valence-electron chi connectivity index (χ3n) is 3.56. The molecule has 2 aromatic rings. The molecule has 0 aliphatic heterocycles. The Labute approximate surface area is 111 Å². The predicted octanol–water partition coefficient (Wildman–Crippen LogP) is 2.68. The van der Waals surface area contributed by atoms with Crippen molar-refractivity contribution in [2.24, 2.45) is 5.92 Å². The summed E-state index contributed by atoms with van der Waals surface area (Å²) < 4.78 is 0. The van der Waals surface area contributed by atoms with Gasteiger partial charge in [-0.05, 0) is 36.5 Å². The molecule has 0 radical (unpaired) electrons. The Kier molecular flexibility index (Phi) is 3.29. The van der Waals surface area contributed by atoms with Gasteiger partial charge in [-0.25, -0.2) is 0 Å². The van der Waals surface area contributed by atoms with Crippen molar-refractivity contribution in [2.75, 3.05) is 6.54 Å². The Morgan fingerprint density at radius 1 is 1.44 bits per heavy atom. The molecule has 4 heteroatoms. The topological polar surface area (TPSA) is 48.0 Å². The van der Waals surface area contributed by atoms with E-state index in [-0.39, 0.29) is 6.10 Å². The van der Waals surface area contributed by atoms with E-state index in [2.05, 4.69) is 10.3 Å². The van der Waals surface area contributed by atoms with Crippen LogP contribution in [0.4, 0.5) is 0 Å². The minimum atomic E-state index is -0.190. The monoisotopic (exact) mass is 264 g/mol. The number of nitrogens with one attached hydrogen (secondary N) is 2. The van der Waals surface area contributed by atoms with Crippen molar-refractivity contribution in [3.8, 4) is 0 Å². The van der Waals surface area contributed by atoms with E-state index >= 15 is 0 Å². The lowest BCUT2D eigenvalue weighted by atomic mass is 10.1. The SMILES string of the molecule is OC(CNCc1c[nH]c2cc(Cl)ccc12)C1CC1. The number of rotatable bonds is 5. The Bertz CT molecular complexity index is 548. The highest BCUT2D eigenvalue weighted by molar-refractivity contribution is 6.31. The summed E-state index contributed by atoms with van der Waals surface area (Å²) in [5, 5.41) is 15.0. The highest BCUT2D eigenvalue weighted by Gasteiger charge is 2.29. The highest BCUT2D eigenvalue weighted by Crippen LogP contribution is 2.32. The van der Waals surface area contributed by atoms with Crippen LogP contribution in [0.5, 0.6) is 0 Å². The summed E-state index contributed by atoms with van der Waals surface area (Å²) in [5.74, 6) is 0.527. The number of benzene rings is 1. The summed E-state index contributed by atoms with van der Waals surface area (Å²) in [4.78, 5) is 3.22. The lowest BCUT2D eigenvalue weighted by Crippen LogP contribution is -2.27. The lowest BCUT2D eigenvalue weighted by molar-refractivity contribution is 0.148. The van der Waals surface area contributed by atoms with Gasteiger partial charge in [-0.3, -0.25) is 0 Å². The molecule has 0 saturated heterocycles. The molecule has 96 valence electrons. The molecule has 3 rings (SSSR count). The minimum Gasteiger partial charge on any atom is -0.392 e. The number of hydrogen-bond acceptors (Lipinski definition) is 2. The van der Waals surface area contributed by atoms with Gasteiger partial charge < -0.3 is 15.4 Å². The van der Waals surface area contributed by atoms with Crippen LogP contribution in [0, 0.1) is 5.92 Å². The minimum absolute atomic E-state index is 0.190. The van der Waals surface area contributed by atoms with Crippen molar-refractivity contribution in [2.45, 2.75) is 25.5 Å². The third-order valence-corrected chi connectivity index (χ3v) is 3.80. The van der Waals surface area contributed by atoms with Gasteiger partial charge in [0.2, 0.25) is 0 Å². The van der Waals surface area contributed by atoms with E-state index < -0.39 is 0 Å². The van der Waals surface area contributed by atoms with Crippen molar-refractivity contribution < 1.29 is 5.11 Å². The van der Waals surface area contributed by atoms with Crippen molar-refractivity contribution in [3.05, 3.63) is 35.0 Å². The van der Waals surface area contributed by atoms with Crippen LogP contribution < -0.4 is 5.32 Å². The first-order valence-corrected chi connectivity index (χ1v) is 6.76. The summed E-state index contributed by atoms with van der Waals surface area (Å²) >= 11 is 5.95. The molecule has 0 spiro atoms. The molecule has 1 saturated carbocycles. The van der Waals surface area contributed by atoms with Gasteiger partial charge in [-0.2, -0.15) is 0 Å². The molecule has 1 fully saturated rings.